The van der Waals surface area contributed by atoms with Crippen LogP contribution in [0.1, 0.15) is 55.6 Å². The number of hydrogen-bond acceptors (Lipinski definition) is 2. The van der Waals surface area contributed by atoms with Gasteiger partial charge in [-0.05, 0) is 19.8 Å². The SMILES string of the molecule is CCCCN(CCCC)C(=O)c1cn(C)nc1C. The highest BCUT2D eigenvalue weighted by molar-refractivity contribution is 5.95. The summed E-state index contributed by atoms with van der Waals surface area (Å²) in [4.78, 5) is 14.4. The largest absolute Gasteiger partial charge is 0.339 e. The van der Waals surface area contributed by atoms with Gasteiger partial charge in [-0.3, -0.25) is 9.48 Å². The van der Waals surface area contributed by atoms with Gasteiger partial charge in [-0.1, -0.05) is 26.7 Å². The van der Waals surface area contributed by atoms with Crippen molar-refractivity contribution in [2.45, 2.75) is 46.5 Å². The highest BCUT2D eigenvalue weighted by Gasteiger charge is 2.18. The molecule has 0 saturated carbocycles. The standard InChI is InChI=1S/C14H25N3O/c1-5-7-9-17(10-8-6-2)14(18)13-11-16(4)15-12(13)3/h11H,5-10H2,1-4H3. The first-order valence-corrected chi connectivity index (χ1v) is 6.89. The number of hydrogen-bond donors (Lipinski definition) is 0. The molecule has 102 valence electrons. The van der Waals surface area contributed by atoms with E-state index >= 15 is 0 Å². The van der Waals surface area contributed by atoms with E-state index in [9.17, 15) is 4.79 Å². The van der Waals surface area contributed by atoms with Gasteiger partial charge < -0.3 is 4.90 Å². The van der Waals surface area contributed by atoms with E-state index in [1.54, 1.807) is 4.68 Å². The van der Waals surface area contributed by atoms with E-state index in [0.717, 1.165) is 50.0 Å². The molecular formula is C14H25N3O. The van der Waals surface area contributed by atoms with Crippen molar-refractivity contribution in [2.24, 2.45) is 7.05 Å². The molecule has 18 heavy (non-hydrogen) atoms. The molecule has 4 heteroatoms. The zero-order chi connectivity index (χ0) is 13.5. The summed E-state index contributed by atoms with van der Waals surface area (Å²) in [6.45, 7) is 7.90. The van der Waals surface area contributed by atoms with Crippen molar-refractivity contribution in [3.63, 3.8) is 0 Å². The number of unbranched alkanes of at least 4 members (excludes halogenated alkanes) is 2. The van der Waals surface area contributed by atoms with E-state index in [1.807, 2.05) is 25.1 Å². The molecule has 4 nitrogen and oxygen atoms in total. The zero-order valence-corrected chi connectivity index (χ0v) is 12.1. The van der Waals surface area contributed by atoms with Crippen molar-refractivity contribution in [3.05, 3.63) is 17.5 Å². The predicted octanol–water partition coefficient (Wildman–Crippen LogP) is 2.77. The van der Waals surface area contributed by atoms with E-state index < -0.39 is 0 Å². The van der Waals surface area contributed by atoms with Crippen LogP contribution in [0.3, 0.4) is 0 Å². The Morgan fingerprint density at radius 3 is 2.22 bits per heavy atom. The van der Waals surface area contributed by atoms with Gasteiger partial charge in [-0.25, -0.2) is 0 Å². The third-order valence-corrected chi connectivity index (χ3v) is 3.09. The average Bonchev–Trinajstić information content (AvgIpc) is 2.68. The number of amides is 1. The predicted molar refractivity (Wildman–Crippen MR) is 73.7 cm³/mol. The van der Waals surface area contributed by atoms with Crippen LogP contribution in [0, 0.1) is 6.92 Å². The summed E-state index contributed by atoms with van der Waals surface area (Å²) in [5.41, 5.74) is 1.56. The fourth-order valence-corrected chi connectivity index (χ4v) is 1.99. The van der Waals surface area contributed by atoms with Gasteiger partial charge in [0.15, 0.2) is 0 Å². The van der Waals surface area contributed by atoms with Gasteiger partial charge in [0.25, 0.3) is 5.91 Å². The van der Waals surface area contributed by atoms with Crippen LogP contribution in [0.5, 0.6) is 0 Å². The molecule has 0 radical (unpaired) electrons. The number of carbonyl (C=O) groups excluding carboxylic acids is 1. The minimum Gasteiger partial charge on any atom is -0.339 e. The van der Waals surface area contributed by atoms with Crippen LogP contribution in [0.4, 0.5) is 0 Å². The van der Waals surface area contributed by atoms with Gasteiger partial charge in [0.05, 0.1) is 11.3 Å². The molecule has 1 amide bonds. The molecule has 0 bridgehead atoms. The Kier molecular flexibility index (Phi) is 5.89. The van der Waals surface area contributed by atoms with E-state index in [4.69, 9.17) is 0 Å². The molecule has 1 rings (SSSR count). The molecule has 0 atom stereocenters. The van der Waals surface area contributed by atoms with Gasteiger partial charge in [-0.15, -0.1) is 0 Å². The first kappa shape index (κ1) is 14.7. The summed E-state index contributed by atoms with van der Waals surface area (Å²) in [6, 6.07) is 0. The third kappa shape index (κ3) is 3.86. The molecular weight excluding hydrogens is 226 g/mol. The number of aryl methyl sites for hydroxylation is 2. The maximum absolute atomic E-state index is 12.5. The van der Waals surface area contributed by atoms with Crippen molar-refractivity contribution < 1.29 is 4.79 Å². The quantitative estimate of drug-likeness (QED) is 0.747. The second kappa shape index (κ2) is 7.19. The fraction of sp³-hybridized carbons (Fsp3) is 0.714. The molecule has 0 unspecified atom stereocenters. The van der Waals surface area contributed by atoms with E-state index in [0.29, 0.717) is 0 Å². The molecule has 0 aliphatic carbocycles. The number of carbonyl (C=O) groups is 1. The molecule has 0 spiro atoms. The van der Waals surface area contributed by atoms with Gasteiger partial charge >= 0.3 is 0 Å². The van der Waals surface area contributed by atoms with Crippen molar-refractivity contribution >= 4 is 5.91 Å². The number of aromatic nitrogens is 2. The smallest absolute Gasteiger partial charge is 0.257 e. The topological polar surface area (TPSA) is 38.1 Å². The highest BCUT2D eigenvalue weighted by atomic mass is 16.2. The van der Waals surface area contributed by atoms with Crippen LogP contribution in [0.15, 0.2) is 6.20 Å². The lowest BCUT2D eigenvalue weighted by atomic mass is 10.2. The lowest BCUT2D eigenvalue weighted by molar-refractivity contribution is 0.0750. The first-order valence-electron chi connectivity index (χ1n) is 6.89. The van der Waals surface area contributed by atoms with Gasteiger partial charge in [0.2, 0.25) is 0 Å². The number of rotatable bonds is 7. The van der Waals surface area contributed by atoms with Crippen LogP contribution in [-0.4, -0.2) is 33.7 Å². The molecule has 0 aliphatic heterocycles. The van der Waals surface area contributed by atoms with Crippen LogP contribution in [0.2, 0.25) is 0 Å². The third-order valence-electron chi connectivity index (χ3n) is 3.09. The minimum atomic E-state index is 0.127. The molecule has 1 aromatic rings. The Hall–Kier alpha value is -1.32. The summed E-state index contributed by atoms with van der Waals surface area (Å²) in [6.07, 6.45) is 6.18. The van der Waals surface area contributed by atoms with Gasteiger partial charge in [0, 0.05) is 26.3 Å². The van der Waals surface area contributed by atoms with Crippen molar-refractivity contribution in [2.75, 3.05) is 13.1 Å². The summed E-state index contributed by atoms with van der Waals surface area (Å²) in [5, 5.41) is 4.24. The van der Waals surface area contributed by atoms with Gasteiger partial charge in [0.1, 0.15) is 0 Å². The van der Waals surface area contributed by atoms with Crippen molar-refractivity contribution in [1.82, 2.24) is 14.7 Å². The monoisotopic (exact) mass is 251 g/mol. The summed E-state index contributed by atoms with van der Waals surface area (Å²) in [7, 11) is 1.85. The molecule has 0 saturated heterocycles. The second-order valence-corrected chi connectivity index (χ2v) is 4.80. The second-order valence-electron chi connectivity index (χ2n) is 4.80. The lowest BCUT2D eigenvalue weighted by Crippen LogP contribution is -2.33. The summed E-state index contributed by atoms with van der Waals surface area (Å²) in [5.74, 6) is 0.127. The van der Waals surface area contributed by atoms with Crippen LogP contribution in [-0.2, 0) is 7.05 Å². The maximum atomic E-state index is 12.5. The van der Waals surface area contributed by atoms with E-state index in [-0.39, 0.29) is 5.91 Å². The van der Waals surface area contributed by atoms with Crippen molar-refractivity contribution in [3.8, 4) is 0 Å². The minimum absolute atomic E-state index is 0.127. The Morgan fingerprint density at radius 1 is 1.28 bits per heavy atom. The lowest BCUT2D eigenvalue weighted by Gasteiger charge is -2.22. The normalized spacial score (nSPS) is 10.7. The molecule has 0 aliphatic rings. The molecule has 0 N–H and O–H groups in total. The molecule has 0 aromatic carbocycles. The van der Waals surface area contributed by atoms with Crippen LogP contribution >= 0.6 is 0 Å². The van der Waals surface area contributed by atoms with Gasteiger partial charge in [-0.2, -0.15) is 5.10 Å². The first-order chi connectivity index (χ1) is 8.60. The average molecular weight is 251 g/mol. The van der Waals surface area contributed by atoms with Crippen molar-refractivity contribution in [1.29, 1.82) is 0 Å². The maximum Gasteiger partial charge on any atom is 0.257 e. The van der Waals surface area contributed by atoms with Crippen LogP contribution < -0.4 is 0 Å². The summed E-state index contributed by atoms with van der Waals surface area (Å²) < 4.78 is 1.71. The zero-order valence-electron chi connectivity index (χ0n) is 12.1. The van der Waals surface area contributed by atoms with Crippen LogP contribution in [0.25, 0.3) is 0 Å². The van der Waals surface area contributed by atoms with E-state index in [2.05, 4.69) is 18.9 Å². The highest BCUT2D eigenvalue weighted by Crippen LogP contribution is 2.11. The Morgan fingerprint density at radius 2 is 1.83 bits per heavy atom. The number of nitrogens with zero attached hydrogens (tertiary/aromatic N) is 3. The Labute approximate surface area is 110 Å². The molecule has 1 aromatic heterocycles. The Bertz CT molecular complexity index is 376. The molecule has 1 heterocycles. The summed E-state index contributed by atoms with van der Waals surface area (Å²) >= 11 is 0. The van der Waals surface area contributed by atoms with E-state index in [1.165, 1.54) is 0 Å². The Balaban J connectivity index is 2.77. The fourth-order valence-electron chi connectivity index (χ4n) is 1.99. The molecule has 0 fully saturated rings.